The van der Waals surface area contributed by atoms with Crippen molar-refractivity contribution in [2.45, 2.75) is 38.5 Å². The maximum absolute atomic E-state index is 12.3. The molecular weight excluding hydrogens is 400 g/mol. The van der Waals surface area contributed by atoms with E-state index in [4.69, 9.17) is 14.3 Å². The maximum atomic E-state index is 12.3. The van der Waals surface area contributed by atoms with Gasteiger partial charge in [0.2, 0.25) is 0 Å². The van der Waals surface area contributed by atoms with Crippen LogP contribution in [-0.4, -0.2) is 41.1 Å². The van der Waals surface area contributed by atoms with Crippen LogP contribution in [0.2, 0.25) is 0 Å². The third-order valence-electron chi connectivity index (χ3n) is 4.92. The molecule has 2 aromatic carbocycles. The van der Waals surface area contributed by atoms with Crippen LogP contribution in [0.3, 0.4) is 0 Å². The molecule has 1 aliphatic rings. The van der Waals surface area contributed by atoms with Crippen molar-refractivity contribution in [2.24, 2.45) is 11.1 Å². The van der Waals surface area contributed by atoms with Crippen molar-refractivity contribution in [1.82, 2.24) is 5.32 Å². The van der Waals surface area contributed by atoms with Crippen LogP contribution >= 0.6 is 0 Å². The quantitative estimate of drug-likeness (QED) is 0.634. The Morgan fingerprint density at radius 1 is 1.13 bits per heavy atom. The first-order valence-electron chi connectivity index (χ1n) is 10.0. The van der Waals surface area contributed by atoms with Crippen LogP contribution in [0, 0.1) is 5.92 Å². The number of para-hydroxylation sites is 1. The molecule has 0 saturated carbocycles. The zero-order valence-electron chi connectivity index (χ0n) is 17.5. The predicted octanol–water partition coefficient (Wildman–Crippen LogP) is 3.62. The number of rotatable bonds is 9. The van der Waals surface area contributed by atoms with Crippen LogP contribution in [0.1, 0.15) is 25.8 Å². The Morgan fingerprint density at radius 3 is 2.39 bits per heavy atom. The van der Waals surface area contributed by atoms with Gasteiger partial charge in [0.15, 0.2) is 0 Å². The van der Waals surface area contributed by atoms with E-state index in [1.165, 1.54) is 0 Å². The molecule has 1 aliphatic heterocycles. The summed E-state index contributed by atoms with van der Waals surface area (Å²) in [5, 5.41) is 16.6. The third-order valence-corrected chi connectivity index (χ3v) is 4.92. The monoisotopic (exact) mass is 426 g/mol. The van der Waals surface area contributed by atoms with E-state index >= 15 is 0 Å². The molecule has 31 heavy (non-hydrogen) atoms. The summed E-state index contributed by atoms with van der Waals surface area (Å²) in [6.07, 6.45) is -0.629. The van der Waals surface area contributed by atoms with Gasteiger partial charge in [-0.15, -0.1) is 0 Å². The zero-order valence-corrected chi connectivity index (χ0v) is 17.5. The lowest BCUT2D eigenvalue weighted by Crippen LogP contribution is -2.49. The van der Waals surface area contributed by atoms with Crippen molar-refractivity contribution in [1.29, 1.82) is 0 Å². The molecule has 2 atom stereocenters. The number of benzene rings is 2. The zero-order chi connectivity index (χ0) is 22.3. The highest BCUT2D eigenvalue weighted by Gasteiger charge is 2.50. The second-order valence-corrected chi connectivity index (χ2v) is 7.68. The number of amides is 1. The van der Waals surface area contributed by atoms with E-state index in [2.05, 4.69) is 10.5 Å². The first-order valence-corrected chi connectivity index (χ1v) is 10.0. The van der Waals surface area contributed by atoms with Crippen molar-refractivity contribution in [3.05, 3.63) is 66.2 Å². The number of oxime groups is 1. The molecular formula is C23H26N2O6. The van der Waals surface area contributed by atoms with Gasteiger partial charge < -0.3 is 24.7 Å². The standard InChI is InChI=1S/C23H26N2O6/c1-16(2)20(24-22(28)29-14-17-9-5-3-6-10-17)19-13-23(21(26)27,31-25-19)15-30-18-11-7-4-8-12-18/h3-12,16,20H,13-15H2,1-2H3,(H,24,28)(H,26,27)/t20-,23?/m0/s1. The van der Waals surface area contributed by atoms with E-state index in [9.17, 15) is 14.7 Å². The lowest BCUT2D eigenvalue weighted by molar-refractivity contribution is -0.166. The van der Waals surface area contributed by atoms with Crippen LogP contribution in [0.25, 0.3) is 0 Å². The molecule has 1 heterocycles. The average molecular weight is 426 g/mol. The average Bonchev–Trinajstić information content (AvgIpc) is 3.21. The molecule has 1 unspecified atom stereocenters. The molecule has 0 aliphatic carbocycles. The Labute approximate surface area is 180 Å². The highest BCUT2D eigenvalue weighted by molar-refractivity contribution is 5.98. The van der Waals surface area contributed by atoms with Crippen molar-refractivity contribution < 1.29 is 29.0 Å². The summed E-state index contributed by atoms with van der Waals surface area (Å²) in [4.78, 5) is 29.6. The Balaban J connectivity index is 1.61. The van der Waals surface area contributed by atoms with Crippen molar-refractivity contribution in [3.63, 3.8) is 0 Å². The fourth-order valence-electron chi connectivity index (χ4n) is 3.17. The largest absolute Gasteiger partial charge is 0.489 e. The molecule has 0 bridgehead atoms. The van der Waals surface area contributed by atoms with Crippen LogP contribution in [0.5, 0.6) is 5.75 Å². The number of alkyl carbamates (subject to hydrolysis) is 1. The SMILES string of the molecule is CC(C)[C@H](NC(=O)OCc1ccccc1)C1=NOC(COc2ccccc2)(C(=O)O)C1. The summed E-state index contributed by atoms with van der Waals surface area (Å²) in [6.45, 7) is 3.70. The van der Waals surface area contributed by atoms with Crippen molar-refractivity contribution >= 4 is 17.8 Å². The Morgan fingerprint density at radius 2 is 1.77 bits per heavy atom. The van der Waals surface area contributed by atoms with E-state index in [1.54, 1.807) is 24.3 Å². The normalized spacial score (nSPS) is 18.6. The molecule has 0 aromatic heterocycles. The number of nitrogens with one attached hydrogen (secondary N) is 1. The number of carbonyl (C=O) groups is 2. The fourth-order valence-corrected chi connectivity index (χ4v) is 3.17. The van der Waals surface area contributed by atoms with Gasteiger partial charge in [0.25, 0.3) is 5.60 Å². The van der Waals surface area contributed by atoms with Gasteiger partial charge in [0.1, 0.15) is 19.0 Å². The number of nitrogens with zero attached hydrogens (tertiary/aromatic N) is 1. The minimum atomic E-state index is -1.66. The summed E-state index contributed by atoms with van der Waals surface area (Å²) in [7, 11) is 0. The molecule has 3 rings (SSSR count). The lowest BCUT2D eigenvalue weighted by Gasteiger charge is -2.24. The minimum Gasteiger partial charge on any atom is -0.489 e. The van der Waals surface area contributed by atoms with Crippen LogP contribution in [0.15, 0.2) is 65.8 Å². The predicted molar refractivity (Wildman–Crippen MR) is 114 cm³/mol. The highest BCUT2D eigenvalue weighted by Crippen LogP contribution is 2.28. The molecule has 0 saturated heterocycles. The summed E-state index contributed by atoms with van der Waals surface area (Å²) in [5.41, 5.74) is -0.373. The number of carboxylic acid groups (broad SMARTS) is 1. The van der Waals surface area contributed by atoms with Crippen molar-refractivity contribution in [2.75, 3.05) is 6.61 Å². The van der Waals surface area contributed by atoms with Crippen LogP contribution in [0.4, 0.5) is 4.79 Å². The van der Waals surface area contributed by atoms with Crippen LogP contribution < -0.4 is 10.1 Å². The second-order valence-electron chi connectivity index (χ2n) is 7.68. The molecule has 0 radical (unpaired) electrons. The third kappa shape index (κ3) is 5.75. The molecule has 8 nitrogen and oxygen atoms in total. The van der Waals surface area contributed by atoms with Gasteiger partial charge in [0.05, 0.1) is 11.8 Å². The number of carbonyl (C=O) groups excluding carboxylic acids is 1. The summed E-state index contributed by atoms with van der Waals surface area (Å²) in [6, 6.07) is 17.7. The molecule has 2 N–H and O–H groups in total. The van der Waals surface area contributed by atoms with Crippen molar-refractivity contribution in [3.8, 4) is 5.75 Å². The topological polar surface area (TPSA) is 106 Å². The molecule has 1 amide bonds. The number of hydrogen-bond donors (Lipinski definition) is 2. The second kappa shape index (κ2) is 9.97. The van der Waals surface area contributed by atoms with Gasteiger partial charge in [-0.1, -0.05) is 67.5 Å². The molecule has 8 heteroatoms. The maximum Gasteiger partial charge on any atom is 0.408 e. The van der Waals surface area contributed by atoms with E-state index in [1.807, 2.05) is 50.2 Å². The Hall–Kier alpha value is -3.55. The Bertz CT molecular complexity index is 916. The fraction of sp³-hybridized carbons (Fsp3) is 0.348. The van der Waals surface area contributed by atoms with E-state index in [0.29, 0.717) is 11.5 Å². The first kappa shape index (κ1) is 22.1. The number of aliphatic carboxylic acids is 1. The summed E-state index contributed by atoms with van der Waals surface area (Å²) >= 11 is 0. The first-order chi connectivity index (χ1) is 14.9. The van der Waals surface area contributed by atoms with Gasteiger partial charge >= 0.3 is 12.1 Å². The van der Waals surface area contributed by atoms with Crippen LogP contribution in [-0.2, 0) is 21.0 Å². The number of hydrogen-bond acceptors (Lipinski definition) is 6. The number of ether oxygens (including phenoxy) is 2. The van der Waals surface area contributed by atoms with E-state index in [-0.39, 0.29) is 25.6 Å². The van der Waals surface area contributed by atoms with E-state index < -0.39 is 23.7 Å². The smallest absolute Gasteiger partial charge is 0.408 e. The van der Waals surface area contributed by atoms with E-state index in [0.717, 1.165) is 5.56 Å². The van der Waals surface area contributed by atoms with Gasteiger partial charge in [0, 0.05) is 6.42 Å². The molecule has 0 fully saturated rings. The minimum absolute atomic E-state index is 0.0169. The molecule has 164 valence electrons. The van der Waals surface area contributed by atoms with Gasteiger partial charge in [-0.05, 0) is 23.6 Å². The highest BCUT2D eigenvalue weighted by atomic mass is 16.7. The summed E-state index contributed by atoms with van der Waals surface area (Å²) < 4.78 is 10.9. The van der Waals surface area contributed by atoms with Gasteiger partial charge in [-0.2, -0.15) is 0 Å². The molecule has 2 aromatic rings. The lowest BCUT2D eigenvalue weighted by atomic mass is 9.90. The summed E-state index contributed by atoms with van der Waals surface area (Å²) in [5.74, 6) is -0.717. The van der Waals surface area contributed by atoms with Gasteiger partial charge in [-0.3, -0.25) is 0 Å². The number of carboxylic acids is 1. The Kier molecular flexibility index (Phi) is 7.12. The van der Waals surface area contributed by atoms with Gasteiger partial charge in [-0.25, -0.2) is 9.59 Å². The molecule has 0 spiro atoms.